The summed E-state index contributed by atoms with van der Waals surface area (Å²) in [6.07, 6.45) is -6.37. The van der Waals surface area contributed by atoms with Crippen LogP contribution >= 0.6 is 0 Å². The average Bonchev–Trinajstić information content (AvgIpc) is 2.60. The predicted molar refractivity (Wildman–Crippen MR) is 87.7 cm³/mol. The first-order chi connectivity index (χ1) is 12.6. The van der Waals surface area contributed by atoms with E-state index in [0.717, 1.165) is 16.3 Å². The Morgan fingerprint density at radius 3 is 2.37 bits per heavy atom. The van der Waals surface area contributed by atoms with Crippen LogP contribution in [0.2, 0.25) is 0 Å². The van der Waals surface area contributed by atoms with Crippen LogP contribution in [0.25, 0.3) is 5.69 Å². The molecule has 0 aliphatic rings. The molecule has 1 unspecified atom stereocenters. The minimum absolute atomic E-state index is 0.250. The third-order valence-electron chi connectivity index (χ3n) is 3.20. The number of alkyl halides is 3. The van der Waals surface area contributed by atoms with Gasteiger partial charge in [-0.25, -0.2) is 0 Å². The number of aromatic nitrogens is 2. The highest BCUT2D eigenvalue weighted by molar-refractivity contribution is 5.93. The van der Waals surface area contributed by atoms with Crippen molar-refractivity contribution in [3.8, 4) is 5.69 Å². The van der Waals surface area contributed by atoms with Gasteiger partial charge in [-0.05, 0) is 25.1 Å². The van der Waals surface area contributed by atoms with E-state index in [1.54, 1.807) is 24.3 Å². The van der Waals surface area contributed by atoms with Crippen molar-refractivity contribution in [2.24, 2.45) is 0 Å². The van der Waals surface area contributed by atoms with Gasteiger partial charge in [0.2, 0.25) is 0 Å². The fraction of sp³-hybridized carbons (Fsp3) is 0.250. The number of halogens is 3. The molecular weight excluding hydrogens is 371 g/mol. The largest absolute Gasteiger partial charge is 0.483 e. The van der Waals surface area contributed by atoms with Gasteiger partial charge in [0, 0.05) is 6.20 Å². The molecule has 1 aromatic carbocycles. The van der Waals surface area contributed by atoms with Gasteiger partial charge in [-0.15, -0.1) is 0 Å². The van der Waals surface area contributed by atoms with Gasteiger partial charge in [-0.3, -0.25) is 14.4 Å². The fourth-order valence-electron chi connectivity index (χ4n) is 1.86. The quantitative estimate of drug-likeness (QED) is 0.670. The molecule has 0 fully saturated rings. The molecule has 0 aliphatic heterocycles. The smallest absolute Gasteiger partial charge is 0.416 e. The second-order valence-corrected chi connectivity index (χ2v) is 5.17. The summed E-state index contributed by atoms with van der Waals surface area (Å²) in [5.74, 6) is -1.02. The van der Waals surface area contributed by atoms with E-state index in [1.165, 1.54) is 6.20 Å². The molecule has 146 valence electrons. The van der Waals surface area contributed by atoms with Crippen molar-refractivity contribution in [1.29, 1.82) is 0 Å². The molecule has 3 N–H and O–H groups in total. The number of aliphatic hydroxyl groups is 1. The van der Waals surface area contributed by atoms with Crippen LogP contribution in [0.3, 0.4) is 0 Å². The van der Waals surface area contributed by atoms with Gasteiger partial charge in [0.1, 0.15) is 5.56 Å². The van der Waals surface area contributed by atoms with E-state index in [4.69, 9.17) is 15.0 Å². The Morgan fingerprint density at radius 2 is 1.85 bits per heavy atom. The molecule has 8 nitrogen and oxygen atoms in total. The van der Waals surface area contributed by atoms with Crippen LogP contribution < -0.4 is 10.9 Å². The number of rotatable bonds is 4. The van der Waals surface area contributed by atoms with E-state index in [0.29, 0.717) is 5.69 Å². The summed E-state index contributed by atoms with van der Waals surface area (Å²) in [7, 11) is 0. The van der Waals surface area contributed by atoms with Crippen LogP contribution in [0.1, 0.15) is 15.9 Å². The van der Waals surface area contributed by atoms with Gasteiger partial charge in [0.15, 0.2) is 6.10 Å². The minimum atomic E-state index is -4.85. The maximum absolute atomic E-state index is 12.3. The molecule has 2 aromatic rings. The van der Waals surface area contributed by atoms with E-state index < -0.39 is 30.3 Å². The Kier molecular flexibility index (Phi) is 7.66. The number of nitrogens with one attached hydrogen (secondary N) is 1. The third-order valence-corrected chi connectivity index (χ3v) is 3.20. The van der Waals surface area contributed by atoms with Crippen molar-refractivity contribution >= 4 is 12.4 Å². The van der Waals surface area contributed by atoms with Gasteiger partial charge in [-0.2, -0.15) is 23.0 Å². The van der Waals surface area contributed by atoms with Crippen molar-refractivity contribution in [2.75, 3.05) is 6.54 Å². The van der Waals surface area contributed by atoms with Crippen molar-refractivity contribution < 1.29 is 33.0 Å². The lowest BCUT2D eigenvalue weighted by atomic mass is 10.2. The molecule has 0 aliphatic carbocycles. The van der Waals surface area contributed by atoms with Gasteiger partial charge in [0.05, 0.1) is 12.2 Å². The Bertz CT molecular complexity index is 834. The van der Waals surface area contributed by atoms with Crippen LogP contribution in [0, 0.1) is 6.92 Å². The average molecular weight is 387 g/mol. The van der Waals surface area contributed by atoms with Crippen molar-refractivity contribution in [3.63, 3.8) is 0 Å². The maximum Gasteiger partial charge on any atom is 0.416 e. The molecular formula is C16H16F3N3O5. The van der Waals surface area contributed by atoms with Gasteiger partial charge in [0.25, 0.3) is 17.9 Å². The Morgan fingerprint density at radius 1 is 1.30 bits per heavy atom. The maximum atomic E-state index is 12.3. The summed E-state index contributed by atoms with van der Waals surface area (Å²) >= 11 is 0. The standard InChI is InChI=1S/C15H14F3N3O3.CH2O2/c1-9-2-4-10(5-3-9)21-14(24)11(6-7-20-21)13(23)19-8-12(22)15(16,17)18;2-1-3/h2-7,12,22H,8H2,1H3,(H,19,23);1H,(H,2,3). The van der Waals surface area contributed by atoms with E-state index in [2.05, 4.69) is 5.10 Å². The van der Waals surface area contributed by atoms with Crippen molar-refractivity contribution in [3.05, 3.63) is 58.0 Å². The number of nitrogens with zero attached hydrogens (tertiary/aromatic N) is 2. The lowest BCUT2D eigenvalue weighted by Crippen LogP contribution is -2.42. The Balaban J connectivity index is 0.00000114. The summed E-state index contributed by atoms with van der Waals surface area (Å²) < 4.78 is 37.6. The second kappa shape index (κ2) is 9.48. The van der Waals surface area contributed by atoms with Crippen LogP contribution in [0.15, 0.2) is 41.3 Å². The number of carboxylic acid groups (broad SMARTS) is 1. The highest BCUT2D eigenvalue weighted by Crippen LogP contribution is 2.19. The third kappa shape index (κ3) is 6.22. The highest BCUT2D eigenvalue weighted by atomic mass is 19.4. The van der Waals surface area contributed by atoms with E-state index in [-0.39, 0.29) is 12.0 Å². The summed E-state index contributed by atoms with van der Waals surface area (Å²) in [4.78, 5) is 32.6. The zero-order valence-electron chi connectivity index (χ0n) is 14.0. The highest BCUT2D eigenvalue weighted by Gasteiger charge is 2.38. The molecule has 0 bridgehead atoms. The molecule has 0 spiro atoms. The van der Waals surface area contributed by atoms with Gasteiger partial charge < -0.3 is 15.5 Å². The molecule has 11 heteroatoms. The summed E-state index contributed by atoms with van der Waals surface area (Å²) in [5.41, 5.74) is 0.220. The molecule has 1 amide bonds. The lowest BCUT2D eigenvalue weighted by Gasteiger charge is -2.15. The Hall–Kier alpha value is -3.21. The Labute approximate surface area is 150 Å². The summed E-state index contributed by atoms with van der Waals surface area (Å²) in [5, 5.41) is 21.5. The van der Waals surface area contributed by atoms with Crippen LogP contribution in [-0.2, 0) is 4.79 Å². The van der Waals surface area contributed by atoms with Crippen LogP contribution in [0.4, 0.5) is 13.2 Å². The number of amides is 1. The van der Waals surface area contributed by atoms with E-state index in [1.807, 2.05) is 12.2 Å². The summed E-state index contributed by atoms with van der Waals surface area (Å²) in [6.45, 7) is 0.560. The number of aliphatic hydroxyl groups excluding tert-OH is 1. The van der Waals surface area contributed by atoms with E-state index in [9.17, 15) is 22.8 Å². The summed E-state index contributed by atoms with van der Waals surface area (Å²) in [6, 6.07) is 7.84. The lowest BCUT2D eigenvalue weighted by molar-refractivity contribution is -0.201. The molecule has 0 saturated heterocycles. The van der Waals surface area contributed by atoms with E-state index >= 15 is 0 Å². The number of aryl methyl sites for hydroxylation is 1. The number of benzene rings is 1. The number of hydrogen-bond donors (Lipinski definition) is 3. The van der Waals surface area contributed by atoms with Crippen LogP contribution in [0.5, 0.6) is 0 Å². The first-order valence-electron chi connectivity index (χ1n) is 7.38. The molecule has 0 radical (unpaired) electrons. The number of hydrogen-bond acceptors (Lipinski definition) is 5. The monoisotopic (exact) mass is 387 g/mol. The first kappa shape index (κ1) is 21.8. The number of carbonyl (C=O) groups excluding carboxylic acids is 1. The van der Waals surface area contributed by atoms with Crippen molar-refractivity contribution in [2.45, 2.75) is 19.2 Å². The molecule has 1 heterocycles. The zero-order valence-corrected chi connectivity index (χ0v) is 14.0. The molecule has 27 heavy (non-hydrogen) atoms. The molecule has 2 rings (SSSR count). The SMILES string of the molecule is Cc1ccc(-n2nccc(C(=O)NCC(O)C(F)(F)F)c2=O)cc1.O=CO. The molecule has 1 aromatic heterocycles. The molecule has 0 saturated carbocycles. The van der Waals surface area contributed by atoms with Gasteiger partial charge >= 0.3 is 6.18 Å². The normalized spacial score (nSPS) is 11.7. The zero-order chi connectivity index (χ0) is 20.6. The molecule has 1 atom stereocenters. The minimum Gasteiger partial charge on any atom is -0.483 e. The number of carbonyl (C=O) groups is 2. The first-order valence-corrected chi connectivity index (χ1v) is 7.38. The van der Waals surface area contributed by atoms with Gasteiger partial charge in [-0.1, -0.05) is 17.7 Å². The second-order valence-electron chi connectivity index (χ2n) is 5.17. The predicted octanol–water partition coefficient (Wildman–Crippen LogP) is 0.895. The topological polar surface area (TPSA) is 122 Å². The van der Waals surface area contributed by atoms with Crippen LogP contribution in [-0.4, -0.2) is 51.2 Å². The fourth-order valence-corrected chi connectivity index (χ4v) is 1.86. The van der Waals surface area contributed by atoms with Crippen molar-refractivity contribution in [1.82, 2.24) is 15.1 Å².